The van der Waals surface area contributed by atoms with Crippen LogP contribution in [0.4, 0.5) is 16.0 Å². The van der Waals surface area contributed by atoms with E-state index in [1.165, 1.54) is 11.8 Å². The van der Waals surface area contributed by atoms with Gasteiger partial charge in [-0.15, -0.1) is 0 Å². The van der Waals surface area contributed by atoms with Gasteiger partial charge in [-0.1, -0.05) is 18.2 Å². The van der Waals surface area contributed by atoms with Crippen LogP contribution in [-0.4, -0.2) is 15.9 Å². The van der Waals surface area contributed by atoms with Gasteiger partial charge in [-0.3, -0.25) is 9.69 Å². The minimum atomic E-state index is -0.568. The van der Waals surface area contributed by atoms with Crippen LogP contribution in [0.3, 0.4) is 0 Å². The van der Waals surface area contributed by atoms with Gasteiger partial charge in [-0.2, -0.15) is 0 Å². The van der Waals surface area contributed by atoms with Crippen molar-refractivity contribution in [3.8, 4) is 11.3 Å². The molecular formula is C15H15FN4O. The maximum absolute atomic E-state index is 13.8. The topological polar surface area (TPSA) is 72.1 Å². The van der Waals surface area contributed by atoms with E-state index in [2.05, 4.69) is 9.97 Å². The first-order valence-corrected chi connectivity index (χ1v) is 6.34. The summed E-state index contributed by atoms with van der Waals surface area (Å²) in [5, 5.41) is 0. The minimum absolute atomic E-state index is 0.00585. The van der Waals surface area contributed by atoms with Crippen LogP contribution in [0.5, 0.6) is 0 Å². The van der Waals surface area contributed by atoms with Gasteiger partial charge in [0.05, 0.1) is 6.20 Å². The molecular weight excluding hydrogens is 271 g/mol. The monoisotopic (exact) mass is 286 g/mol. The number of aromatic nitrogens is 2. The van der Waals surface area contributed by atoms with Crippen molar-refractivity contribution in [3.05, 3.63) is 48.6 Å². The highest BCUT2D eigenvalue weighted by Crippen LogP contribution is 2.26. The first-order chi connectivity index (χ1) is 10.0. The lowest BCUT2D eigenvalue weighted by Gasteiger charge is -2.17. The van der Waals surface area contributed by atoms with Crippen molar-refractivity contribution < 1.29 is 9.18 Å². The zero-order chi connectivity index (χ0) is 15.4. The van der Waals surface area contributed by atoms with Crippen LogP contribution in [0.25, 0.3) is 11.3 Å². The molecule has 0 fully saturated rings. The number of nitrogens with two attached hydrogens (primary N) is 1. The number of anilines is 2. The number of hydrogen-bond acceptors (Lipinski definition) is 4. The van der Waals surface area contributed by atoms with Crippen molar-refractivity contribution in [2.75, 3.05) is 10.6 Å². The van der Waals surface area contributed by atoms with Crippen LogP contribution in [0, 0.1) is 5.82 Å². The number of carbonyl (C=O) groups is 1. The maximum atomic E-state index is 13.8. The molecule has 21 heavy (non-hydrogen) atoms. The Morgan fingerprint density at radius 1 is 1.43 bits per heavy atom. The summed E-state index contributed by atoms with van der Waals surface area (Å²) in [5.41, 5.74) is 6.74. The maximum Gasteiger partial charge on any atom is 0.227 e. The normalized spacial score (nSPS) is 10.8. The second-order valence-corrected chi connectivity index (χ2v) is 4.35. The number of hydrogen-bond donors (Lipinski definition) is 1. The first kappa shape index (κ1) is 14.6. The summed E-state index contributed by atoms with van der Waals surface area (Å²) < 4.78 is 13.8. The number of nitrogen functional groups attached to an aromatic ring is 1. The van der Waals surface area contributed by atoms with Gasteiger partial charge in [0, 0.05) is 24.4 Å². The van der Waals surface area contributed by atoms with Crippen LogP contribution in [-0.2, 0) is 4.79 Å². The standard InChI is InChI=1S/C15H15FN4O/c1-3-7-20(10(2)21)12-6-4-5-11(8-12)14-13(16)9-18-15(17)19-14/h3-9H,1-2H3,(H2,17,18,19)/b7-3-. The lowest BCUT2D eigenvalue weighted by molar-refractivity contribution is -0.116. The molecule has 0 aliphatic carbocycles. The lowest BCUT2D eigenvalue weighted by Crippen LogP contribution is -2.21. The summed E-state index contributed by atoms with van der Waals surface area (Å²) in [6.07, 6.45) is 4.42. The van der Waals surface area contributed by atoms with Crippen molar-refractivity contribution in [2.24, 2.45) is 0 Å². The molecule has 2 rings (SSSR count). The molecule has 1 amide bonds. The molecule has 0 bridgehead atoms. The van der Waals surface area contributed by atoms with Crippen molar-refractivity contribution in [1.29, 1.82) is 0 Å². The number of carbonyl (C=O) groups excluding carboxylic acids is 1. The molecule has 0 saturated carbocycles. The SMILES string of the molecule is C/C=C\N(C(C)=O)c1cccc(-c2nc(N)ncc2F)c1. The summed E-state index contributed by atoms with van der Waals surface area (Å²) >= 11 is 0. The Balaban J connectivity index is 2.51. The molecule has 0 saturated heterocycles. The number of rotatable bonds is 3. The molecule has 0 aliphatic rings. The second-order valence-electron chi connectivity index (χ2n) is 4.35. The molecule has 108 valence electrons. The Bertz CT molecular complexity index is 700. The van der Waals surface area contributed by atoms with E-state index in [4.69, 9.17) is 5.73 Å². The summed E-state index contributed by atoms with van der Waals surface area (Å²) in [4.78, 5) is 20.6. The molecule has 2 N–H and O–H groups in total. The fourth-order valence-corrected chi connectivity index (χ4v) is 1.91. The Morgan fingerprint density at radius 3 is 2.86 bits per heavy atom. The van der Waals surface area contributed by atoms with Crippen molar-refractivity contribution in [3.63, 3.8) is 0 Å². The summed E-state index contributed by atoms with van der Waals surface area (Å²) in [5.74, 6) is -0.719. The summed E-state index contributed by atoms with van der Waals surface area (Å²) in [6, 6.07) is 6.85. The number of benzene rings is 1. The molecule has 6 heteroatoms. The largest absolute Gasteiger partial charge is 0.368 e. The third-order valence-electron chi connectivity index (χ3n) is 2.80. The molecule has 1 aromatic carbocycles. The van der Waals surface area contributed by atoms with Crippen LogP contribution < -0.4 is 10.6 Å². The predicted octanol–water partition coefficient (Wildman–Crippen LogP) is 2.75. The number of nitrogens with zero attached hydrogens (tertiary/aromatic N) is 3. The lowest BCUT2D eigenvalue weighted by atomic mass is 10.1. The highest BCUT2D eigenvalue weighted by atomic mass is 19.1. The Kier molecular flexibility index (Phi) is 4.27. The predicted molar refractivity (Wildman–Crippen MR) is 79.8 cm³/mol. The average Bonchev–Trinajstić information content (AvgIpc) is 2.47. The Morgan fingerprint density at radius 2 is 2.19 bits per heavy atom. The second kappa shape index (κ2) is 6.13. The van der Waals surface area contributed by atoms with Crippen molar-refractivity contribution in [2.45, 2.75) is 13.8 Å². The van der Waals surface area contributed by atoms with E-state index in [-0.39, 0.29) is 17.5 Å². The fraction of sp³-hybridized carbons (Fsp3) is 0.133. The summed E-state index contributed by atoms with van der Waals surface area (Å²) in [7, 11) is 0. The van der Waals surface area contributed by atoms with Crippen LogP contribution in [0.15, 0.2) is 42.7 Å². The quantitative estimate of drug-likeness (QED) is 0.941. The molecule has 1 heterocycles. The molecule has 0 radical (unpaired) electrons. The van der Waals surface area contributed by atoms with E-state index in [0.717, 1.165) is 6.20 Å². The smallest absolute Gasteiger partial charge is 0.227 e. The Hall–Kier alpha value is -2.76. The molecule has 0 spiro atoms. The van der Waals surface area contributed by atoms with Crippen LogP contribution >= 0.6 is 0 Å². The van der Waals surface area contributed by atoms with E-state index in [1.54, 1.807) is 36.5 Å². The van der Waals surface area contributed by atoms with E-state index >= 15 is 0 Å². The molecule has 0 unspecified atom stereocenters. The van der Waals surface area contributed by atoms with E-state index in [0.29, 0.717) is 11.3 Å². The third kappa shape index (κ3) is 3.22. The molecule has 1 aromatic heterocycles. The van der Waals surface area contributed by atoms with Crippen molar-refractivity contribution in [1.82, 2.24) is 9.97 Å². The Labute approximate surface area is 121 Å². The molecule has 2 aromatic rings. The number of amides is 1. The van der Waals surface area contributed by atoms with Gasteiger partial charge < -0.3 is 5.73 Å². The average molecular weight is 286 g/mol. The zero-order valence-electron chi connectivity index (χ0n) is 11.7. The van der Waals surface area contributed by atoms with Gasteiger partial charge in [0.15, 0.2) is 5.82 Å². The van der Waals surface area contributed by atoms with Gasteiger partial charge in [-0.25, -0.2) is 14.4 Å². The van der Waals surface area contributed by atoms with Crippen LogP contribution in [0.1, 0.15) is 13.8 Å². The minimum Gasteiger partial charge on any atom is -0.368 e. The van der Waals surface area contributed by atoms with Crippen molar-refractivity contribution >= 4 is 17.5 Å². The highest BCUT2D eigenvalue weighted by molar-refractivity contribution is 5.94. The fourth-order valence-electron chi connectivity index (χ4n) is 1.91. The highest BCUT2D eigenvalue weighted by Gasteiger charge is 2.12. The molecule has 0 aliphatic heterocycles. The van der Waals surface area contributed by atoms with Gasteiger partial charge in [0.2, 0.25) is 11.9 Å². The molecule has 0 atom stereocenters. The first-order valence-electron chi connectivity index (χ1n) is 6.34. The summed E-state index contributed by atoms with van der Waals surface area (Å²) in [6.45, 7) is 3.26. The number of halogens is 1. The molecule has 5 nitrogen and oxygen atoms in total. The number of allylic oxidation sites excluding steroid dienone is 1. The van der Waals surface area contributed by atoms with Gasteiger partial charge >= 0.3 is 0 Å². The van der Waals surface area contributed by atoms with Gasteiger partial charge in [0.25, 0.3) is 0 Å². The van der Waals surface area contributed by atoms with E-state index < -0.39 is 5.82 Å². The zero-order valence-corrected chi connectivity index (χ0v) is 11.7. The van der Waals surface area contributed by atoms with Gasteiger partial charge in [0.1, 0.15) is 5.69 Å². The van der Waals surface area contributed by atoms with E-state index in [9.17, 15) is 9.18 Å². The third-order valence-corrected chi connectivity index (χ3v) is 2.80. The van der Waals surface area contributed by atoms with E-state index in [1.807, 2.05) is 6.92 Å². The van der Waals surface area contributed by atoms with Crippen LogP contribution in [0.2, 0.25) is 0 Å². The van der Waals surface area contributed by atoms with Gasteiger partial charge in [-0.05, 0) is 19.1 Å².